The minimum atomic E-state index is 0. The van der Waals surface area contributed by atoms with Crippen LogP contribution >= 0.6 is 0 Å². The van der Waals surface area contributed by atoms with E-state index in [1.165, 1.54) is 0 Å². The van der Waals surface area contributed by atoms with Crippen LogP contribution in [-0.4, -0.2) is 19.9 Å². The molecule has 25 heavy (non-hydrogen) atoms. The zero-order valence-electron chi connectivity index (χ0n) is 13.1. The van der Waals surface area contributed by atoms with Gasteiger partial charge in [0.25, 0.3) is 0 Å². The van der Waals surface area contributed by atoms with E-state index in [4.69, 9.17) is 0 Å². The van der Waals surface area contributed by atoms with Gasteiger partial charge in [0.1, 0.15) is 0 Å². The van der Waals surface area contributed by atoms with E-state index in [9.17, 15) is 0 Å². The summed E-state index contributed by atoms with van der Waals surface area (Å²) in [7, 11) is 0. The van der Waals surface area contributed by atoms with Crippen LogP contribution in [0.1, 0.15) is 22.8 Å². The van der Waals surface area contributed by atoms with Gasteiger partial charge in [-0.25, -0.2) is 0 Å². The van der Waals surface area contributed by atoms with Crippen LogP contribution < -0.4 is 0 Å². The maximum Gasteiger partial charge on any atom is 0.0657 e. The van der Waals surface area contributed by atoms with Crippen LogP contribution in [0.15, 0.2) is 48.5 Å². The van der Waals surface area contributed by atoms with Gasteiger partial charge in [-0.15, -0.1) is 12.1 Å². The number of aromatic amines is 2. The molecule has 0 amide bonds. The summed E-state index contributed by atoms with van der Waals surface area (Å²) in [4.78, 5) is 15.9. The van der Waals surface area contributed by atoms with Gasteiger partial charge in [0.15, 0.2) is 0 Å². The second-order valence-corrected chi connectivity index (χ2v) is 5.82. The van der Waals surface area contributed by atoms with Crippen molar-refractivity contribution in [1.29, 1.82) is 0 Å². The maximum atomic E-state index is 4.61. The van der Waals surface area contributed by atoms with Gasteiger partial charge in [-0.2, -0.15) is 6.08 Å². The Kier molecular flexibility index (Phi) is 3.87. The Balaban J connectivity index is 0.00000157. The first-order valence-electron chi connectivity index (χ1n) is 7.76. The van der Waals surface area contributed by atoms with E-state index in [1.54, 1.807) is 0 Å². The number of aromatic nitrogens is 4. The second kappa shape index (κ2) is 6.19. The molecule has 0 spiro atoms. The molecule has 0 radical (unpaired) electrons. The molecule has 3 aromatic heterocycles. The molecule has 0 saturated carbocycles. The molecule has 2 aliphatic rings. The summed E-state index contributed by atoms with van der Waals surface area (Å²) < 4.78 is 0. The number of nitrogens with one attached hydrogen (secondary N) is 2. The third-order valence-electron chi connectivity index (χ3n) is 3.97. The van der Waals surface area contributed by atoms with Crippen molar-refractivity contribution >= 4 is 40.3 Å². The van der Waals surface area contributed by atoms with Gasteiger partial charge in [0.2, 0.25) is 0 Å². The number of rotatable bonds is 0. The summed E-state index contributed by atoms with van der Waals surface area (Å²) >= 11 is 0. The molecule has 0 fully saturated rings. The molecule has 0 saturated heterocycles. The number of nitrogens with zero attached hydrogens (tertiary/aromatic N) is 2. The Morgan fingerprint density at radius 3 is 1.96 bits per heavy atom. The van der Waals surface area contributed by atoms with Gasteiger partial charge >= 0.3 is 0 Å². The molecule has 0 unspecified atom stereocenters. The van der Waals surface area contributed by atoms with Gasteiger partial charge in [-0.1, -0.05) is 11.8 Å². The van der Waals surface area contributed by atoms with Crippen LogP contribution in [0.4, 0.5) is 0 Å². The molecule has 124 valence electrons. The summed E-state index contributed by atoms with van der Waals surface area (Å²) in [5.41, 5.74) is 7.59. The third kappa shape index (κ3) is 3.19. The molecule has 4 nitrogen and oxygen atoms in total. The number of fused-ring (bicyclic) bond motifs is 8. The predicted octanol–water partition coefficient (Wildman–Crippen LogP) is 4.35. The van der Waals surface area contributed by atoms with Gasteiger partial charge in [-0.05, 0) is 59.8 Å². The van der Waals surface area contributed by atoms with Gasteiger partial charge in [-0.3, -0.25) is 4.98 Å². The average Bonchev–Trinajstić information content (AvgIpc) is 3.32. The Labute approximate surface area is 154 Å². The van der Waals surface area contributed by atoms with Crippen molar-refractivity contribution in [3.05, 3.63) is 77.4 Å². The van der Waals surface area contributed by atoms with Gasteiger partial charge in [0, 0.05) is 33.0 Å². The molecule has 0 aliphatic carbocycles. The molecule has 5 heterocycles. The molecular weight excluding hydrogens is 355 g/mol. The number of H-pyrrole nitrogens is 2. The van der Waals surface area contributed by atoms with E-state index in [0.717, 1.165) is 44.8 Å². The molecule has 5 rings (SSSR count). The maximum absolute atomic E-state index is 4.61. The molecule has 0 atom stereocenters. The van der Waals surface area contributed by atoms with Crippen LogP contribution in [0, 0.1) is 6.08 Å². The van der Waals surface area contributed by atoms with Crippen molar-refractivity contribution in [2.45, 2.75) is 0 Å². The SMILES string of the molecule is [C-]1=Cc2cc3nc(cc4ccc(cc5ccc(cc1n2)[nH]5)[nH]4)C=C3.[Ni]. The summed E-state index contributed by atoms with van der Waals surface area (Å²) in [6.07, 6.45) is 9.06. The Bertz CT molecular complexity index is 1080. The van der Waals surface area contributed by atoms with E-state index >= 15 is 0 Å². The molecular formula is C20H13N4Ni-. The topological polar surface area (TPSA) is 57.4 Å². The Morgan fingerprint density at radius 2 is 1.24 bits per heavy atom. The quantitative estimate of drug-likeness (QED) is 0.316. The molecule has 5 heteroatoms. The standard InChI is InChI=1S/C20H13N4.Ni/c1-2-14-10-16-5-6-18(23-16)12-20-8-7-19(24-20)11-17-4-3-15(22-17)9-13(1)21-14;/h1-7,9-12,21,23H;/q-1;. The van der Waals surface area contributed by atoms with Crippen LogP contribution in [0.5, 0.6) is 0 Å². The molecule has 2 N–H and O–H groups in total. The Hall–Kier alpha value is -2.91. The summed E-state index contributed by atoms with van der Waals surface area (Å²) in [6.45, 7) is 0. The minimum absolute atomic E-state index is 0. The van der Waals surface area contributed by atoms with Gasteiger partial charge < -0.3 is 15.0 Å². The smallest absolute Gasteiger partial charge is 0.0657 e. The van der Waals surface area contributed by atoms with Crippen molar-refractivity contribution < 1.29 is 16.5 Å². The molecule has 0 aromatic carbocycles. The van der Waals surface area contributed by atoms with Crippen LogP contribution in [0.2, 0.25) is 0 Å². The zero-order valence-corrected chi connectivity index (χ0v) is 14.0. The minimum Gasteiger partial charge on any atom is -0.366 e. The fourth-order valence-electron chi connectivity index (χ4n) is 2.88. The van der Waals surface area contributed by atoms with E-state index < -0.39 is 0 Å². The van der Waals surface area contributed by atoms with E-state index in [-0.39, 0.29) is 16.5 Å². The van der Waals surface area contributed by atoms with Crippen LogP contribution in [-0.2, 0) is 16.5 Å². The first kappa shape index (κ1) is 15.6. The third-order valence-corrected chi connectivity index (χ3v) is 3.97. The molecule has 8 bridgehead atoms. The van der Waals surface area contributed by atoms with Crippen molar-refractivity contribution in [2.24, 2.45) is 0 Å². The monoisotopic (exact) mass is 367 g/mol. The average molecular weight is 368 g/mol. The fourth-order valence-corrected chi connectivity index (χ4v) is 2.88. The summed E-state index contributed by atoms with van der Waals surface area (Å²) in [5, 5.41) is 0. The van der Waals surface area contributed by atoms with Crippen molar-refractivity contribution in [2.75, 3.05) is 0 Å². The normalized spacial score (nSPS) is 12.2. The van der Waals surface area contributed by atoms with Crippen LogP contribution in [0.25, 0.3) is 40.3 Å². The first-order chi connectivity index (χ1) is 11.8. The zero-order chi connectivity index (χ0) is 15.9. The van der Waals surface area contributed by atoms with E-state index in [1.807, 2.05) is 42.5 Å². The first-order valence-corrected chi connectivity index (χ1v) is 7.76. The van der Waals surface area contributed by atoms with Crippen molar-refractivity contribution in [1.82, 2.24) is 19.9 Å². The molecule has 3 aromatic rings. The van der Waals surface area contributed by atoms with Gasteiger partial charge in [0.05, 0.1) is 11.4 Å². The Morgan fingerprint density at radius 1 is 0.640 bits per heavy atom. The van der Waals surface area contributed by atoms with E-state index in [2.05, 4.69) is 50.3 Å². The van der Waals surface area contributed by atoms with Crippen LogP contribution in [0.3, 0.4) is 0 Å². The summed E-state index contributed by atoms with van der Waals surface area (Å²) in [6, 6.07) is 16.3. The predicted molar refractivity (Wildman–Crippen MR) is 96.7 cm³/mol. The molecule has 2 aliphatic heterocycles. The second-order valence-electron chi connectivity index (χ2n) is 5.82. The summed E-state index contributed by atoms with van der Waals surface area (Å²) in [5.74, 6) is 0. The number of hydrogen-bond donors (Lipinski definition) is 2. The largest absolute Gasteiger partial charge is 0.366 e. The van der Waals surface area contributed by atoms with Crippen molar-refractivity contribution in [3.63, 3.8) is 0 Å². The van der Waals surface area contributed by atoms with Crippen molar-refractivity contribution in [3.8, 4) is 0 Å². The number of hydrogen-bond acceptors (Lipinski definition) is 2. The van der Waals surface area contributed by atoms with E-state index in [0.29, 0.717) is 0 Å². The fraction of sp³-hybridized carbons (Fsp3) is 0.